The third-order valence-electron chi connectivity index (χ3n) is 2.14. The van der Waals surface area contributed by atoms with E-state index < -0.39 is 0 Å². The molecule has 0 aromatic carbocycles. The van der Waals surface area contributed by atoms with Crippen molar-refractivity contribution in [2.75, 3.05) is 11.5 Å². The minimum Gasteiger partial charge on any atom is -0.458 e. The summed E-state index contributed by atoms with van der Waals surface area (Å²) in [6.45, 7) is 0. The van der Waals surface area contributed by atoms with Crippen LogP contribution >= 0.6 is 23.4 Å². The molecule has 1 aliphatic heterocycles. The maximum absolute atomic E-state index is 11.7. The second-order valence-electron chi connectivity index (χ2n) is 3.23. The van der Waals surface area contributed by atoms with E-state index in [9.17, 15) is 4.79 Å². The smallest absolute Gasteiger partial charge is 0.341 e. The number of carbonyl (C=O) groups excluding carboxylic acids is 1. The number of aromatic nitrogens is 1. The highest BCUT2D eigenvalue weighted by Gasteiger charge is 2.21. The molecule has 1 atom stereocenters. The SMILES string of the molecule is O=C(OC1CCSC1)c1cccnc1Cl. The summed E-state index contributed by atoms with van der Waals surface area (Å²) in [5.41, 5.74) is 0.344. The number of pyridine rings is 1. The van der Waals surface area contributed by atoms with E-state index in [4.69, 9.17) is 16.3 Å². The summed E-state index contributed by atoms with van der Waals surface area (Å²) in [4.78, 5) is 15.5. The van der Waals surface area contributed by atoms with Crippen molar-refractivity contribution in [3.05, 3.63) is 29.0 Å². The number of rotatable bonds is 2. The summed E-state index contributed by atoms with van der Waals surface area (Å²) in [5, 5.41) is 0.202. The zero-order chi connectivity index (χ0) is 10.7. The van der Waals surface area contributed by atoms with Crippen LogP contribution in [0.2, 0.25) is 5.15 Å². The van der Waals surface area contributed by atoms with Gasteiger partial charge in [0.15, 0.2) is 0 Å². The fourth-order valence-corrected chi connectivity index (χ4v) is 2.65. The fraction of sp³-hybridized carbons (Fsp3) is 0.400. The largest absolute Gasteiger partial charge is 0.458 e. The van der Waals surface area contributed by atoms with E-state index in [1.165, 1.54) is 0 Å². The number of nitrogens with zero attached hydrogens (tertiary/aromatic N) is 1. The topological polar surface area (TPSA) is 39.2 Å². The Morgan fingerprint density at radius 1 is 1.67 bits per heavy atom. The lowest BCUT2D eigenvalue weighted by Gasteiger charge is -2.10. The van der Waals surface area contributed by atoms with Gasteiger partial charge in [0.1, 0.15) is 11.3 Å². The average molecular weight is 244 g/mol. The van der Waals surface area contributed by atoms with Gasteiger partial charge in [0.25, 0.3) is 0 Å². The van der Waals surface area contributed by atoms with Gasteiger partial charge in [-0.1, -0.05) is 11.6 Å². The van der Waals surface area contributed by atoms with Gasteiger partial charge in [-0.25, -0.2) is 9.78 Å². The van der Waals surface area contributed by atoms with E-state index in [2.05, 4.69) is 4.98 Å². The van der Waals surface area contributed by atoms with Crippen LogP contribution in [0.4, 0.5) is 0 Å². The molecule has 80 valence electrons. The molecule has 3 nitrogen and oxygen atoms in total. The van der Waals surface area contributed by atoms with E-state index in [0.717, 1.165) is 17.9 Å². The van der Waals surface area contributed by atoms with Crippen molar-refractivity contribution in [3.63, 3.8) is 0 Å². The van der Waals surface area contributed by atoms with Gasteiger partial charge in [-0.3, -0.25) is 0 Å². The van der Waals surface area contributed by atoms with Gasteiger partial charge < -0.3 is 4.74 Å². The summed E-state index contributed by atoms with van der Waals surface area (Å²) in [6, 6.07) is 3.30. The molecule has 1 fully saturated rings. The number of hydrogen-bond donors (Lipinski definition) is 0. The Morgan fingerprint density at radius 2 is 2.53 bits per heavy atom. The first-order chi connectivity index (χ1) is 7.27. The Labute approximate surface area is 97.2 Å². The quantitative estimate of drug-likeness (QED) is 0.591. The molecule has 5 heteroatoms. The molecule has 0 amide bonds. The minimum atomic E-state index is -0.374. The molecule has 0 saturated carbocycles. The number of thioether (sulfide) groups is 1. The van der Waals surface area contributed by atoms with E-state index >= 15 is 0 Å². The molecule has 0 aliphatic carbocycles. The molecule has 1 unspecified atom stereocenters. The van der Waals surface area contributed by atoms with Crippen molar-refractivity contribution < 1.29 is 9.53 Å². The highest BCUT2D eigenvalue weighted by atomic mass is 35.5. The number of carbonyl (C=O) groups is 1. The summed E-state index contributed by atoms with van der Waals surface area (Å²) >= 11 is 7.59. The molecule has 2 heterocycles. The van der Waals surface area contributed by atoms with E-state index in [-0.39, 0.29) is 17.2 Å². The van der Waals surface area contributed by atoms with Crippen LogP contribution in [0.25, 0.3) is 0 Å². The number of ether oxygens (including phenoxy) is 1. The Balaban J connectivity index is 2.04. The standard InChI is InChI=1S/C10H10ClNO2S/c11-9-8(2-1-4-12-9)10(13)14-7-3-5-15-6-7/h1-2,4,7H,3,5-6H2. The first-order valence-electron chi connectivity index (χ1n) is 4.66. The van der Waals surface area contributed by atoms with E-state index in [1.807, 2.05) is 0 Å². The molecule has 0 bridgehead atoms. The number of esters is 1. The summed E-state index contributed by atoms with van der Waals surface area (Å²) in [7, 11) is 0. The third kappa shape index (κ3) is 2.63. The molecule has 2 rings (SSSR count). The van der Waals surface area contributed by atoms with Crippen molar-refractivity contribution in [2.45, 2.75) is 12.5 Å². The van der Waals surface area contributed by atoms with Crippen molar-refractivity contribution in [3.8, 4) is 0 Å². The lowest BCUT2D eigenvalue weighted by Crippen LogP contribution is -2.17. The Hall–Kier alpha value is -0.740. The molecule has 1 saturated heterocycles. The van der Waals surface area contributed by atoms with Gasteiger partial charge in [0, 0.05) is 11.9 Å². The predicted molar refractivity (Wildman–Crippen MR) is 60.4 cm³/mol. The van der Waals surface area contributed by atoms with Crippen LogP contribution in [0.15, 0.2) is 18.3 Å². The van der Waals surface area contributed by atoms with Crippen LogP contribution in [0.1, 0.15) is 16.8 Å². The van der Waals surface area contributed by atoms with Crippen LogP contribution in [-0.4, -0.2) is 28.6 Å². The maximum atomic E-state index is 11.7. The highest BCUT2D eigenvalue weighted by Crippen LogP contribution is 2.22. The lowest BCUT2D eigenvalue weighted by molar-refractivity contribution is 0.0356. The van der Waals surface area contributed by atoms with Crippen molar-refractivity contribution in [1.29, 1.82) is 0 Å². The molecule has 1 aliphatic rings. The normalized spacial score (nSPS) is 20.2. The molecule has 15 heavy (non-hydrogen) atoms. The second kappa shape index (κ2) is 4.86. The number of hydrogen-bond acceptors (Lipinski definition) is 4. The zero-order valence-corrected chi connectivity index (χ0v) is 9.55. The van der Waals surface area contributed by atoms with Crippen LogP contribution in [-0.2, 0) is 4.74 Å². The predicted octanol–water partition coefficient (Wildman–Crippen LogP) is 2.40. The van der Waals surface area contributed by atoms with Gasteiger partial charge in [0.2, 0.25) is 0 Å². The van der Waals surface area contributed by atoms with Crippen molar-refractivity contribution in [2.24, 2.45) is 0 Å². The van der Waals surface area contributed by atoms with Crippen molar-refractivity contribution >= 4 is 29.3 Å². The monoisotopic (exact) mass is 243 g/mol. The average Bonchev–Trinajstić information content (AvgIpc) is 2.71. The van der Waals surface area contributed by atoms with Gasteiger partial charge in [-0.2, -0.15) is 11.8 Å². The highest BCUT2D eigenvalue weighted by molar-refractivity contribution is 7.99. The molecule has 1 aromatic rings. The van der Waals surface area contributed by atoms with E-state index in [1.54, 1.807) is 30.1 Å². The van der Waals surface area contributed by atoms with Gasteiger partial charge in [-0.15, -0.1) is 0 Å². The van der Waals surface area contributed by atoms with E-state index in [0.29, 0.717) is 5.56 Å². The Bertz CT molecular complexity index is 366. The summed E-state index contributed by atoms with van der Waals surface area (Å²) in [5.74, 6) is 1.56. The van der Waals surface area contributed by atoms with Gasteiger partial charge >= 0.3 is 5.97 Å². The third-order valence-corrected chi connectivity index (χ3v) is 3.57. The molecular formula is C10H10ClNO2S. The first-order valence-corrected chi connectivity index (χ1v) is 6.20. The lowest BCUT2D eigenvalue weighted by atomic mass is 10.3. The number of halogens is 1. The fourth-order valence-electron chi connectivity index (χ4n) is 1.36. The second-order valence-corrected chi connectivity index (χ2v) is 4.74. The van der Waals surface area contributed by atoms with Crippen LogP contribution in [0.5, 0.6) is 0 Å². The zero-order valence-electron chi connectivity index (χ0n) is 7.98. The molecule has 0 radical (unpaired) electrons. The van der Waals surface area contributed by atoms with Crippen LogP contribution < -0.4 is 0 Å². The Morgan fingerprint density at radius 3 is 3.20 bits per heavy atom. The van der Waals surface area contributed by atoms with Gasteiger partial charge in [-0.05, 0) is 24.3 Å². The van der Waals surface area contributed by atoms with Crippen LogP contribution in [0, 0.1) is 0 Å². The molecule has 0 spiro atoms. The maximum Gasteiger partial charge on any atom is 0.341 e. The summed E-state index contributed by atoms with van der Waals surface area (Å²) in [6.07, 6.45) is 2.50. The van der Waals surface area contributed by atoms with Gasteiger partial charge in [0.05, 0.1) is 5.56 Å². The molecule has 0 N–H and O–H groups in total. The van der Waals surface area contributed by atoms with Crippen molar-refractivity contribution in [1.82, 2.24) is 4.98 Å². The Kier molecular flexibility index (Phi) is 3.49. The minimum absolute atomic E-state index is 0.0266. The molecular weight excluding hydrogens is 234 g/mol. The first kappa shape index (κ1) is 10.8. The van der Waals surface area contributed by atoms with Crippen LogP contribution in [0.3, 0.4) is 0 Å². The molecule has 1 aromatic heterocycles. The summed E-state index contributed by atoms with van der Waals surface area (Å²) < 4.78 is 5.29.